The van der Waals surface area contributed by atoms with Crippen LogP contribution in [0.4, 0.5) is 0 Å². The maximum absolute atomic E-state index is 12.9. The van der Waals surface area contributed by atoms with Crippen molar-refractivity contribution in [3.05, 3.63) is 48.0 Å². The average molecular weight is 337 g/mol. The molecule has 128 valence electrons. The van der Waals surface area contributed by atoms with E-state index in [9.17, 15) is 4.79 Å². The lowest BCUT2D eigenvalue weighted by Crippen LogP contribution is -2.32. The molecule has 25 heavy (non-hydrogen) atoms. The van der Waals surface area contributed by atoms with Crippen LogP contribution < -0.4 is 0 Å². The molecule has 0 radical (unpaired) electrons. The van der Waals surface area contributed by atoms with E-state index in [1.807, 2.05) is 42.3 Å². The van der Waals surface area contributed by atoms with Crippen LogP contribution in [0.1, 0.15) is 36.6 Å². The highest BCUT2D eigenvalue weighted by atomic mass is 16.2. The zero-order chi connectivity index (χ0) is 17.2. The lowest BCUT2D eigenvalue weighted by molar-refractivity contribution is -0.131. The van der Waals surface area contributed by atoms with Crippen molar-refractivity contribution in [2.45, 2.75) is 25.2 Å². The van der Waals surface area contributed by atoms with Crippen molar-refractivity contribution >= 4 is 5.91 Å². The molecule has 2 aromatic heterocycles. The fourth-order valence-corrected chi connectivity index (χ4v) is 3.33. The van der Waals surface area contributed by atoms with E-state index in [4.69, 9.17) is 0 Å². The SMILES string of the molecule is CC(C(=O)N1CCC(c2ncc[nH]2)C1)c1cccc(-c2nn[nH]n2)c1. The van der Waals surface area contributed by atoms with E-state index in [0.717, 1.165) is 29.9 Å². The molecule has 0 bridgehead atoms. The van der Waals surface area contributed by atoms with E-state index in [1.54, 1.807) is 6.20 Å². The van der Waals surface area contributed by atoms with Gasteiger partial charge in [-0.2, -0.15) is 5.21 Å². The fourth-order valence-electron chi connectivity index (χ4n) is 3.33. The van der Waals surface area contributed by atoms with Crippen LogP contribution in [0.5, 0.6) is 0 Å². The lowest BCUT2D eigenvalue weighted by Gasteiger charge is -2.21. The highest BCUT2D eigenvalue weighted by molar-refractivity contribution is 5.84. The third-order valence-electron chi connectivity index (χ3n) is 4.77. The Labute approximate surface area is 144 Å². The number of nitrogens with zero attached hydrogens (tertiary/aromatic N) is 5. The summed E-state index contributed by atoms with van der Waals surface area (Å²) in [6.07, 6.45) is 4.52. The van der Waals surface area contributed by atoms with Crippen LogP contribution >= 0.6 is 0 Å². The second-order valence-corrected chi connectivity index (χ2v) is 6.33. The molecular formula is C17H19N7O. The summed E-state index contributed by atoms with van der Waals surface area (Å²) in [5.41, 5.74) is 1.80. The molecule has 0 saturated carbocycles. The molecule has 2 atom stereocenters. The first-order valence-electron chi connectivity index (χ1n) is 8.34. The molecule has 1 amide bonds. The van der Waals surface area contributed by atoms with Crippen LogP contribution in [0, 0.1) is 0 Å². The van der Waals surface area contributed by atoms with E-state index in [-0.39, 0.29) is 17.7 Å². The smallest absolute Gasteiger partial charge is 0.229 e. The molecule has 8 heteroatoms. The van der Waals surface area contributed by atoms with Gasteiger partial charge >= 0.3 is 0 Å². The molecule has 0 spiro atoms. The van der Waals surface area contributed by atoms with Crippen molar-refractivity contribution < 1.29 is 4.79 Å². The maximum Gasteiger partial charge on any atom is 0.229 e. The summed E-state index contributed by atoms with van der Waals surface area (Å²) >= 11 is 0. The standard InChI is InChI=1S/C17H19N7O/c1-11(12-3-2-4-13(9-12)16-20-22-23-21-16)17(25)24-8-5-14(10-24)15-18-6-7-19-15/h2-4,6-7,9,11,14H,5,8,10H2,1H3,(H,18,19)(H,20,21,22,23). The Morgan fingerprint density at radius 3 is 3.08 bits per heavy atom. The summed E-state index contributed by atoms with van der Waals surface area (Å²) < 4.78 is 0. The molecule has 4 rings (SSSR count). The first kappa shape index (κ1) is 15.5. The molecule has 1 aromatic carbocycles. The van der Waals surface area contributed by atoms with Crippen molar-refractivity contribution in [3.63, 3.8) is 0 Å². The van der Waals surface area contributed by atoms with Crippen LogP contribution in [0.15, 0.2) is 36.7 Å². The third kappa shape index (κ3) is 3.02. The Bertz CT molecular complexity index is 844. The molecule has 2 N–H and O–H groups in total. The van der Waals surface area contributed by atoms with Crippen LogP contribution in [0.25, 0.3) is 11.4 Å². The number of tetrazole rings is 1. The van der Waals surface area contributed by atoms with Crippen molar-refractivity contribution in [1.82, 2.24) is 35.5 Å². The maximum atomic E-state index is 12.9. The van der Waals surface area contributed by atoms with Crippen LogP contribution in [0.2, 0.25) is 0 Å². The molecule has 1 saturated heterocycles. The van der Waals surface area contributed by atoms with Crippen LogP contribution in [0.3, 0.4) is 0 Å². The number of amides is 1. The Kier molecular flexibility index (Phi) is 4.01. The average Bonchev–Trinajstić information content (AvgIpc) is 3.42. The number of hydrogen-bond donors (Lipinski definition) is 2. The normalized spacial score (nSPS) is 18.4. The molecular weight excluding hydrogens is 318 g/mol. The first-order chi connectivity index (χ1) is 12.2. The van der Waals surface area contributed by atoms with Crippen molar-refractivity contribution in [1.29, 1.82) is 0 Å². The van der Waals surface area contributed by atoms with Gasteiger partial charge in [0.1, 0.15) is 5.82 Å². The van der Waals surface area contributed by atoms with Crippen molar-refractivity contribution in [2.24, 2.45) is 0 Å². The van der Waals surface area contributed by atoms with E-state index < -0.39 is 0 Å². The minimum absolute atomic E-state index is 0.138. The van der Waals surface area contributed by atoms with Crippen LogP contribution in [-0.2, 0) is 4.79 Å². The third-order valence-corrected chi connectivity index (χ3v) is 4.77. The number of carbonyl (C=O) groups is 1. The summed E-state index contributed by atoms with van der Waals surface area (Å²) in [4.78, 5) is 22.3. The molecule has 1 aliphatic heterocycles. The van der Waals surface area contributed by atoms with Gasteiger partial charge < -0.3 is 9.88 Å². The Hall–Kier alpha value is -3.03. The largest absolute Gasteiger partial charge is 0.348 e. The number of H-pyrrole nitrogens is 2. The predicted molar refractivity (Wildman–Crippen MR) is 90.6 cm³/mol. The minimum atomic E-state index is -0.220. The van der Waals surface area contributed by atoms with Crippen molar-refractivity contribution in [2.75, 3.05) is 13.1 Å². The van der Waals surface area contributed by atoms with Crippen LogP contribution in [-0.4, -0.2) is 54.5 Å². The Morgan fingerprint density at radius 2 is 2.32 bits per heavy atom. The number of likely N-dealkylation sites (tertiary alicyclic amines) is 1. The molecule has 1 aliphatic rings. The highest BCUT2D eigenvalue weighted by Gasteiger charge is 2.31. The number of imidazole rings is 1. The van der Waals surface area contributed by atoms with Gasteiger partial charge in [0, 0.05) is 37.0 Å². The van der Waals surface area contributed by atoms with Gasteiger partial charge in [0.2, 0.25) is 11.7 Å². The number of benzene rings is 1. The zero-order valence-corrected chi connectivity index (χ0v) is 13.9. The number of aromatic nitrogens is 6. The minimum Gasteiger partial charge on any atom is -0.348 e. The molecule has 1 fully saturated rings. The van der Waals surface area contributed by atoms with Gasteiger partial charge in [-0.05, 0) is 30.2 Å². The van der Waals surface area contributed by atoms with Gasteiger partial charge in [0.05, 0.1) is 5.92 Å². The topological polar surface area (TPSA) is 103 Å². The molecule has 3 aromatic rings. The quantitative estimate of drug-likeness (QED) is 0.754. The van der Waals surface area contributed by atoms with E-state index >= 15 is 0 Å². The monoisotopic (exact) mass is 337 g/mol. The number of carbonyl (C=O) groups excluding carboxylic acids is 1. The molecule has 0 aliphatic carbocycles. The summed E-state index contributed by atoms with van der Waals surface area (Å²) in [6.45, 7) is 3.41. The van der Waals surface area contributed by atoms with Gasteiger partial charge in [-0.25, -0.2) is 4.98 Å². The fraction of sp³-hybridized carbons (Fsp3) is 0.353. The number of nitrogens with one attached hydrogen (secondary N) is 2. The second-order valence-electron chi connectivity index (χ2n) is 6.33. The van der Waals surface area contributed by atoms with Gasteiger partial charge in [0.25, 0.3) is 0 Å². The van der Waals surface area contributed by atoms with E-state index in [2.05, 4.69) is 30.6 Å². The van der Waals surface area contributed by atoms with Gasteiger partial charge in [0.15, 0.2) is 0 Å². The summed E-state index contributed by atoms with van der Waals surface area (Å²) in [6, 6.07) is 7.74. The first-order valence-corrected chi connectivity index (χ1v) is 8.34. The molecule has 3 heterocycles. The second kappa shape index (κ2) is 6.46. The number of rotatable bonds is 4. The lowest BCUT2D eigenvalue weighted by atomic mass is 9.97. The van der Waals surface area contributed by atoms with E-state index in [0.29, 0.717) is 12.4 Å². The van der Waals surface area contributed by atoms with Gasteiger partial charge in [-0.3, -0.25) is 4.79 Å². The van der Waals surface area contributed by atoms with Gasteiger partial charge in [-0.15, -0.1) is 10.2 Å². The Balaban J connectivity index is 1.48. The zero-order valence-electron chi connectivity index (χ0n) is 13.9. The van der Waals surface area contributed by atoms with Crippen molar-refractivity contribution in [3.8, 4) is 11.4 Å². The molecule has 2 unspecified atom stereocenters. The Morgan fingerprint density at radius 1 is 1.40 bits per heavy atom. The predicted octanol–water partition coefficient (Wildman–Crippen LogP) is 1.71. The summed E-state index contributed by atoms with van der Waals surface area (Å²) in [7, 11) is 0. The number of aromatic amines is 2. The highest BCUT2D eigenvalue weighted by Crippen LogP contribution is 2.29. The summed E-state index contributed by atoms with van der Waals surface area (Å²) in [5, 5.41) is 14.0. The summed E-state index contributed by atoms with van der Waals surface area (Å²) in [5.74, 6) is 1.70. The van der Waals surface area contributed by atoms with Gasteiger partial charge in [-0.1, -0.05) is 18.2 Å². The molecule has 8 nitrogen and oxygen atoms in total. The van der Waals surface area contributed by atoms with E-state index in [1.165, 1.54) is 0 Å². The number of hydrogen-bond acceptors (Lipinski definition) is 5.